The van der Waals surface area contributed by atoms with Crippen LogP contribution in [-0.4, -0.2) is 45.2 Å². The first-order valence-corrected chi connectivity index (χ1v) is 4.86. The van der Waals surface area contributed by atoms with Crippen LogP contribution in [0.2, 0.25) is 0 Å². The smallest absolute Gasteiger partial charge is 0.0104 e. The summed E-state index contributed by atoms with van der Waals surface area (Å²) < 4.78 is 0. The lowest BCUT2D eigenvalue weighted by molar-refractivity contribution is 0.358. The number of nitrogens with two attached hydrogens (primary N) is 1. The fourth-order valence-corrected chi connectivity index (χ4v) is 0.981. The maximum absolute atomic E-state index is 4.50. The number of rotatable bonds is 0. The molecule has 0 aromatic rings. The molecule has 3 nitrogen and oxygen atoms in total. The normalized spacial score (nSPS) is 17.8. The highest BCUT2D eigenvalue weighted by atomic mass is 15.1. The predicted octanol–water partition coefficient (Wildman–Crippen LogP) is 0.513. The van der Waals surface area contributed by atoms with Crippen LogP contribution in [0, 0.1) is 0 Å². The minimum absolute atomic E-state index is 1.16. The molecule has 0 amide bonds. The highest BCUT2D eigenvalue weighted by Gasteiger charge is 2.00. The third kappa shape index (κ3) is 9.88. The zero-order chi connectivity index (χ0) is 9.82. The summed E-state index contributed by atoms with van der Waals surface area (Å²) in [6.07, 6.45) is 1.30. The van der Waals surface area contributed by atoms with Crippen LogP contribution in [0.25, 0.3) is 0 Å². The van der Waals surface area contributed by atoms with Crippen molar-refractivity contribution in [3.8, 4) is 0 Å². The number of likely N-dealkylation sites (N-methyl/N-ethyl adjacent to an activating group) is 1. The number of nitrogens with one attached hydrogen (secondary N) is 1. The first-order chi connectivity index (χ1) is 5.89. The van der Waals surface area contributed by atoms with E-state index in [2.05, 4.69) is 23.0 Å². The topological polar surface area (TPSA) is 41.3 Å². The molecule has 1 aliphatic rings. The van der Waals surface area contributed by atoms with Crippen LogP contribution in [0.15, 0.2) is 0 Å². The Bertz CT molecular complexity index is 58.8. The molecule has 0 atom stereocenters. The Kier molecular flexibility index (Phi) is 16.2. The highest BCUT2D eigenvalue weighted by molar-refractivity contribution is 4.60. The van der Waals surface area contributed by atoms with E-state index in [4.69, 9.17) is 0 Å². The lowest BCUT2D eigenvalue weighted by atomic mass is 10.4. The molecule has 3 heteroatoms. The van der Waals surface area contributed by atoms with Crippen LogP contribution < -0.4 is 11.1 Å². The molecule has 1 fully saturated rings. The molecule has 1 aliphatic heterocycles. The van der Waals surface area contributed by atoms with Crippen molar-refractivity contribution < 1.29 is 0 Å². The monoisotopic (exact) mass is 175 g/mol. The maximum atomic E-state index is 4.50. The summed E-state index contributed by atoms with van der Waals surface area (Å²) in [4.78, 5) is 2.36. The van der Waals surface area contributed by atoms with E-state index in [0.717, 1.165) is 6.54 Å². The van der Waals surface area contributed by atoms with Gasteiger partial charge in [0.15, 0.2) is 0 Å². The summed E-state index contributed by atoms with van der Waals surface area (Å²) in [5.41, 5.74) is 4.50. The fourth-order valence-electron chi connectivity index (χ4n) is 0.981. The number of hydrogen-bond donors (Lipinski definition) is 2. The first-order valence-electron chi connectivity index (χ1n) is 4.86. The molecule has 1 saturated heterocycles. The zero-order valence-corrected chi connectivity index (χ0v) is 9.06. The average Bonchev–Trinajstić information content (AvgIpc) is 2.40. The van der Waals surface area contributed by atoms with Crippen molar-refractivity contribution in [2.75, 3.05) is 40.3 Å². The van der Waals surface area contributed by atoms with Gasteiger partial charge in [0.05, 0.1) is 0 Å². The van der Waals surface area contributed by atoms with Gasteiger partial charge in [0.25, 0.3) is 0 Å². The molecule has 0 bridgehead atoms. The minimum Gasteiger partial charge on any atom is -0.333 e. The molecule has 0 aromatic carbocycles. The van der Waals surface area contributed by atoms with Crippen molar-refractivity contribution in [1.29, 1.82) is 0 Å². The number of nitrogens with zero attached hydrogens (tertiary/aromatic N) is 1. The van der Waals surface area contributed by atoms with Crippen molar-refractivity contribution in [2.45, 2.75) is 20.3 Å². The predicted molar refractivity (Wildman–Crippen MR) is 56.4 cm³/mol. The van der Waals surface area contributed by atoms with Gasteiger partial charge in [0.2, 0.25) is 0 Å². The Labute approximate surface area is 77.3 Å². The van der Waals surface area contributed by atoms with Crippen LogP contribution >= 0.6 is 0 Å². The molecule has 0 aromatic heterocycles. The van der Waals surface area contributed by atoms with Crippen LogP contribution in [0.1, 0.15) is 20.3 Å². The minimum atomic E-state index is 1.16. The SMILES string of the molecule is CC.CN.CN1CCCNCC1. The van der Waals surface area contributed by atoms with Gasteiger partial charge >= 0.3 is 0 Å². The summed E-state index contributed by atoms with van der Waals surface area (Å²) >= 11 is 0. The molecule has 0 aliphatic carbocycles. The largest absolute Gasteiger partial charge is 0.333 e. The summed E-state index contributed by atoms with van der Waals surface area (Å²) in [6.45, 7) is 8.83. The molecule has 1 heterocycles. The van der Waals surface area contributed by atoms with Crippen molar-refractivity contribution >= 4 is 0 Å². The molecule has 12 heavy (non-hydrogen) atoms. The molecule has 1 rings (SSSR count). The third-order valence-electron chi connectivity index (χ3n) is 1.56. The van der Waals surface area contributed by atoms with Crippen molar-refractivity contribution in [3.05, 3.63) is 0 Å². The second-order valence-corrected chi connectivity index (χ2v) is 2.41. The molecule has 0 saturated carbocycles. The lowest BCUT2D eigenvalue weighted by Crippen LogP contribution is -2.23. The second-order valence-electron chi connectivity index (χ2n) is 2.41. The van der Waals surface area contributed by atoms with E-state index in [9.17, 15) is 0 Å². The highest BCUT2D eigenvalue weighted by Crippen LogP contribution is 1.88. The third-order valence-corrected chi connectivity index (χ3v) is 1.56. The van der Waals surface area contributed by atoms with Crippen molar-refractivity contribution in [3.63, 3.8) is 0 Å². The summed E-state index contributed by atoms with van der Waals surface area (Å²) in [7, 11) is 3.67. The van der Waals surface area contributed by atoms with Gasteiger partial charge in [0, 0.05) is 13.1 Å². The molecule has 0 spiro atoms. The van der Waals surface area contributed by atoms with E-state index in [1.165, 1.54) is 33.1 Å². The van der Waals surface area contributed by atoms with E-state index in [1.807, 2.05) is 13.8 Å². The Hall–Kier alpha value is -0.120. The van der Waals surface area contributed by atoms with Crippen LogP contribution in [-0.2, 0) is 0 Å². The molecule has 3 N–H and O–H groups in total. The Morgan fingerprint density at radius 2 is 1.67 bits per heavy atom. The van der Waals surface area contributed by atoms with Crippen molar-refractivity contribution in [2.24, 2.45) is 5.73 Å². The maximum Gasteiger partial charge on any atom is 0.0104 e. The van der Waals surface area contributed by atoms with Crippen LogP contribution in [0.4, 0.5) is 0 Å². The summed E-state index contributed by atoms with van der Waals surface area (Å²) in [5.74, 6) is 0. The molecular weight excluding hydrogens is 150 g/mol. The molecule has 0 radical (unpaired) electrons. The van der Waals surface area contributed by atoms with Gasteiger partial charge in [-0.15, -0.1) is 0 Å². The lowest BCUT2D eigenvalue weighted by Gasteiger charge is -2.09. The van der Waals surface area contributed by atoms with Gasteiger partial charge in [0.1, 0.15) is 0 Å². The van der Waals surface area contributed by atoms with Gasteiger partial charge in [-0.1, -0.05) is 13.8 Å². The Balaban J connectivity index is 0. The first kappa shape index (κ1) is 14.4. The average molecular weight is 175 g/mol. The summed E-state index contributed by atoms with van der Waals surface area (Å²) in [6, 6.07) is 0. The molecular formula is C9H25N3. The fraction of sp³-hybridized carbons (Fsp3) is 1.00. The van der Waals surface area contributed by atoms with E-state index in [-0.39, 0.29) is 0 Å². The standard InChI is InChI=1S/C6H14N2.C2H6.CH5N/c1-8-5-2-3-7-4-6-8;2*1-2/h7H,2-6H2,1H3;1-2H3;2H2,1H3. The molecule has 76 valence electrons. The Morgan fingerprint density at radius 1 is 1.08 bits per heavy atom. The summed E-state index contributed by atoms with van der Waals surface area (Å²) in [5, 5.41) is 3.34. The van der Waals surface area contributed by atoms with Crippen molar-refractivity contribution in [1.82, 2.24) is 10.2 Å². The van der Waals surface area contributed by atoms with Gasteiger partial charge in [-0.3, -0.25) is 0 Å². The molecule has 0 unspecified atom stereocenters. The second kappa shape index (κ2) is 13.5. The Morgan fingerprint density at radius 3 is 2.25 bits per heavy atom. The van der Waals surface area contributed by atoms with E-state index >= 15 is 0 Å². The van der Waals surface area contributed by atoms with Gasteiger partial charge < -0.3 is 16.0 Å². The number of hydrogen-bond acceptors (Lipinski definition) is 3. The van der Waals surface area contributed by atoms with Gasteiger partial charge in [-0.2, -0.15) is 0 Å². The van der Waals surface area contributed by atoms with Crippen LogP contribution in [0.3, 0.4) is 0 Å². The van der Waals surface area contributed by atoms with E-state index < -0.39 is 0 Å². The van der Waals surface area contributed by atoms with Crippen LogP contribution in [0.5, 0.6) is 0 Å². The quantitative estimate of drug-likeness (QED) is 0.564. The van der Waals surface area contributed by atoms with E-state index in [0.29, 0.717) is 0 Å². The van der Waals surface area contributed by atoms with E-state index in [1.54, 1.807) is 0 Å². The zero-order valence-electron chi connectivity index (χ0n) is 9.06. The van der Waals surface area contributed by atoms with Gasteiger partial charge in [-0.05, 0) is 33.6 Å². The van der Waals surface area contributed by atoms with Gasteiger partial charge in [-0.25, -0.2) is 0 Å².